The summed E-state index contributed by atoms with van der Waals surface area (Å²) in [7, 11) is 0. The standard InChI is InChI=1S/C16H10FN3O2/c17-14-6-4-13(5-7-14)15-19-20(16(21)22-15)10-12-3-1-2-11(8-12)9-18/h1-8H,10H2. The summed E-state index contributed by atoms with van der Waals surface area (Å²) in [6, 6.07) is 14.4. The molecular weight excluding hydrogens is 285 g/mol. The zero-order valence-electron chi connectivity index (χ0n) is 11.4. The summed E-state index contributed by atoms with van der Waals surface area (Å²) in [5.41, 5.74) is 1.79. The van der Waals surface area contributed by atoms with Crippen molar-refractivity contribution in [1.29, 1.82) is 5.26 Å². The van der Waals surface area contributed by atoms with Crippen molar-refractivity contribution in [2.75, 3.05) is 0 Å². The quantitative estimate of drug-likeness (QED) is 0.744. The third-order valence-corrected chi connectivity index (χ3v) is 3.09. The van der Waals surface area contributed by atoms with Crippen molar-refractivity contribution in [3.05, 3.63) is 76.0 Å². The first-order chi connectivity index (χ1) is 10.7. The molecule has 0 aliphatic rings. The lowest BCUT2D eigenvalue weighted by atomic mass is 10.1. The Morgan fingerprint density at radius 1 is 1.23 bits per heavy atom. The molecule has 0 aliphatic carbocycles. The van der Waals surface area contributed by atoms with Crippen LogP contribution in [0.1, 0.15) is 11.1 Å². The van der Waals surface area contributed by atoms with Crippen molar-refractivity contribution in [2.24, 2.45) is 0 Å². The third kappa shape index (κ3) is 2.79. The summed E-state index contributed by atoms with van der Waals surface area (Å²) in [5.74, 6) is -0.859. The van der Waals surface area contributed by atoms with Crippen LogP contribution in [0, 0.1) is 17.1 Å². The van der Waals surface area contributed by atoms with Gasteiger partial charge in [0.15, 0.2) is 0 Å². The SMILES string of the molecule is N#Cc1cccc(Cn2nc(-c3ccc(F)cc3)oc2=O)c1. The molecule has 6 heteroatoms. The largest absolute Gasteiger partial charge is 0.437 e. The third-order valence-electron chi connectivity index (χ3n) is 3.09. The van der Waals surface area contributed by atoms with Crippen LogP contribution in [0.2, 0.25) is 0 Å². The fourth-order valence-corrected chi connectivity index (χ4v) is 2.03. The van der Waals surface area contributed by atoms with E-state index in [1.807, 2.05) is 6.07 Å². The van der Waals surface area contributed by atoms with E-state index in [0.717, 1.165) is 10.2 Å². The second kappa shape index (κ2) is 5.66. The van der Waals surface area contributed by atoms with Crippen molar-refractivity contribution in [2.45, 2.75) is 6.54 Å². The minimum Gasteiger partial charge on any atom is -0.388 e. The second-order valence-corrected chi connectivity index (χ2v) is 4.65. The van der Waals surface area contributed by atoms with E-state index in [9.17, 15) is 9.18 Å². The lowest BCUT2D eigenvalue weighted by Gasteiger charge is -1.99. The molecule has 0 unspecified atom stereocenters. The minimum absolute atomic E-state index is 0.126. The molecule has 0 atom stereocenters. The van der Waals surface area contributed by atoms with Crippen LogP contribution in [-0.4, -0.2) is 9.78 Å². The van der Waals surface area contributed by atoms with Gasteiger partial charge in [-0.1, -0.05) is 12.1 Å². The summed E-state index contributed by atoms with van der Waals surface area (Å²) < 4.78 is 19.1. The van der Waals surface area contributed by atoms with Gasteiger partial charge >= 0.3 is 5.76 Å². The molecular formula is C16H10FN3O2. The second-order valence-electron chi connectivity index (χ2n) is 4.65. The first-order valence-electron chi connectivity index (χ1n) is 6.48. The number of rotatable bonds is 3. The normalized spacial score (nSPS) is 10.4. The predicted molar refractivity (Wildman–Crippen MR) is 76.4 cm³/mol. The van der Waals surface area contributed by atoms with Gasteiger partial charge in [0.05, 0.1) is 18.2 Å². The van der Waals surface area contributed by atoms with E-state index in [1.54, 1.807) is 24.3 Å². The summed E-state index contributed by atoms with van der Waals surface area (Å²) in [6.45, 7) is 0.194. The van der Waals surface area contributed by atoms with Crippen LogP contribution in [0.5, 0.6) is 0 Å². The molecule has 0 N–H and O–H groups in total. The highest BCUT2D eigenvalue weighted by molar-refractivity contribution is 5.51. The number of nitriles is 1. The monoisotopic (exact) mass is 295 g/mol. The Morgan fingerprint density at radius 2 is 2.00 bits per heavy atom. The van der Waals surface area contributed by atoms with Crippen molar-refractivity contribution in [3.63, 3.8) is 0 Å². The number of nitrogens with zero attached hydrogens (tertiary/aromatic N) is 3. The minimum atomic E-state index is -0.610. The Bertz CT molecular complexity index is 904. The molecule has 0 aliphatic heterocycles. The Hall–Kier alpha value is -3.20. The lowest BCUT2D eigenvalue weighted by molar-refractivity contribution is 0.495. The van der Waals surface area contributed by atoms with Gasteiger partial charge in [0.1, 0.15) is 5.82 Å². The Labute approximate surface area is 124 Å². The topological polar surface area (TPSA) is 71.8 Å². The van der Waals surface area contributed by atoms with E-state index in [0.29, 0.717) is 11.1 Å². The molecule has 108 valence electrons. The van der Waals surface area contributed by atoms with Crippen LogP contribution in [0.15, 0.2) is 57.7 Å². The van der Waals surface area contributed by atoms with Gasteiger partial charge in [0, 0.05) is 5.56 Å². The number of benzene rings is 2. The van der Waals surface area contributed by atoms with E-state index in [-0.39, 0.29) is 18.3 Å². The average molecular weight is 295 g/mol. The highest BCUT2D eigenvalue weighted by atomic mass is 19.1. The fraction of sp³-hybridized carbons (Fsp3) is 0.0625. The molecule has 0 saturated heterocycles. The maximum absolute atomic E-state index is 12.9. The van der Waals surface area contributed by atoms with Gasteiger partial charge in [-0.3, -0.25) is 0 Å². The molecule has 0 saturated carbocycles. The Morgan fingerprint density at radius 3 is 2.73 bits per heavy atom. The summed E-state index contributed by atoms with van der Waals surface area (Å²) in [6.07, 6.45) is 0. The first kappa shape index (κ1) is 13.8. The van der Waals surface area contributed by atoms with E-state index < -0.39 is 5.76 Å². The maximum Gasteiger partial charge on any atom is 0.437 e. The van der Waals surface area contributed by atoms with Crippen LogP contribution in [0.25, 0.3) is 11.5 Å². The summed E-state index contributed by atoms with van der Waals surface area (Å²) in [4.78, 5) is 11.8. The van der Waals surface area contributed by atoms with Gasteiger partial charge in [0.25, 0.3) is 0 Å². The fourth-order valence-electron chi connectivity index (χ4n) is 2.03. The number of hydrogen-bond donors (Lipinski definition) is 0. The van der Waals surface area contributed by atoms with Crippen molar-refractivity contribution in [1.82, 2.24) is 9.78 Å². The molecule has 1 aromatic heterocycles. The predicted octanol–water partition coefficient (Wildman–Crippen LogP) is 2.56. The van der Waals surface area contributed by atoms with Gasteiger partial charge in [0.2, 0.25) is 5.89 Å². The number of hydrogen-bond acceptors (Lipinski definition) is 4. The number of halogens is 1. The summed E-state index contributed by atoms with van der Waals surface area (Å²) in [5, 5.41) is 13.0. The van der Waals surface area contributed by atoms with Crippen LogP contribution in [-0.2, 0) is 6.54 Å². The van der Waals surface area contributed by atoms with Gasteiger partial charge in [-0.15, -0.1) is 5.10 Å². The smallest absolute Gasteiger partial charge is 0.388 e. The zero-order chi connectivity index (χ0) is 15.5. The molecule has 22 heavy (non-hydrogen) atoms. The average Bonchev–Trinajstić information content (AvgIpc) is 2.89. The molecule has 0 bridgehead atoms. The molecule has 3 rings (SSSR count). The summed E-state index contributed by atoms with van der Waals surface area (Å²) >= 11 is 0. The van der Waals surface area contributed by atoms with Gasteiger partial charge in [-0.25, -0.2) is 9.18 Å². The Balaban J connectivity index is 1.91. The van der Waals surface area contributed by atoms with Crippen molar-refractivity contribution < 1.29 is 8.81 Å². The molecule has 0 fully saturated rings. The van der Waals surface area contributed by atoms with Gasteiger partial charge in [-0.05, 0) is 42.0 Å². The molecule has 0 spiro atoms. The van der Waals surface area contributed by atoms with Gasteiger partial charge < -0.3 is 4.42 Å². The molecule has 5 nitrogen and oxygen atoms in total. The molecule has 0 amide bonds. The van der Waals surface area contributed by atoms with E-state index in [4.69, 9.17) is 9.68 Å². The lowest BCUT2D eigenvalue weighted by Crippen LogP contribution is -2.16. The van der Waals surface area contributed by atoms with Crippen LogP contribution in [0.3, 0.4) is 0 Å². The van der Waals surface area contributed by atoms with Crippen LogP contribution < -0.4 is 5.76 Å². The van der Waals surface area contributed by atoms with Crippen molar-refractivity contribution >= 4 is 0 Å². The van der Waals surface area contributed by atoms with Crippen LogP contribution >= 0.6 is 0 Å². The highest BCUT2D eigenvalue weighted by Crippen LogP contribution is 2.16. The van der Waals surface area contributed by atoms with Crippen molar-refractivity contribution in [3.8, 4) is 17.5 Å². The van der Waals surface area contributed by atoms with E-state index in [2.05, 4.69) is 5.10 Å². The zero-order valence-corrected chi connectivity index (χ0v) is 11.4. The number of aromatic nitrogens is 2. The molecule has 0 radical (unpaired) electrons. The Kier molecular flexibility index (Phi) is 3.54. The van der Waals surface area contributed by atoms with E-state index in [1.165, 1.54) is 24.3 Å². The molecule has 3 aromatic rings. The van der Waals surface area contributed by atoms with E-state index >= 15 is 0 Å². The maximum atomic E-state index is 12.9. The molecule has 2 aromatic carbocycles. The highest BCUT2D eigenvalue weighted by Gasteiger charge is 2.11. The molecule has 1 heterocycles. The van der Waals surface area contributed by atoms with Gasteiger partial charge in [-0.2, -0.15) is 9.94 Å². The first-order valence-corrected chi connectivity index (χ1v) is 6.48. The van der Waals surface area contributed by atoms with Crippen LogP contribution in [0.4, 0.5) is 4.39 Å².